The Labute approximate surface area is 209 Å². The summed E-state index contributed by atoms with van der Waals surface area (Å²) in [5.74, 6) is 5.72. The number of aromatic nitrogens is 1. The fraction of sp³-hybridized carbons (Fsp3) is 0.207. The van der Waals surface area contributed by atoms with E-state index in [1.54, 1.807) is 12.4 Å². The highest BCUT2D eigenvalue weighted by atomic mass is 32.2. The summed E-state index contributed by atoms with van der Waals surface area (Å²) in [7, 11) is 0. The van der Waals surface area contributed by atoms with Crippen LogP contribution in [0, 0.1) is 0 Å². The van der Waals surface area contributed by atoms with Gasteiger partial charge in [-0.2, -0.15) is 23.5 Å². The van der Waals surface area contributed by atoms with Crippen LogP contribution in [0.1, 0.15) is 33.4 Å². The number of rotatable bonds is 6. The largest absolute Gasteiger partial charge is 0.489 e. The Morgan fingerprint density at radius 3 is 1.47 bits per heavy atom. The van der Waals surface area contributed by atoms with Gasteiger partial charge in [-0.3, -0.25) is 4.98 Å². The number of fused-ring (bicyclic) bond motifs is 4. The van der Waals surface area contributed by atoms with E-state index < -0.39 is 0 Å². The Hall–Kier alpha value is -2.89. The van der Waals surface area contributed by atoms with Crippen LogP contribution in [-0.4, -0.2) is 4.98 Å². The van der Waals surface area contributed by atoms with Gasteiger partial charge in [0.15, 0.2) is 0 Å². The second-order valence-corrected chi connectivity index (χ2v) is 10.3. The average molecular weight is 486 g/mol. The average Bonchev–Trinajstić information content (AvgIpc) is 2.87. The van der Waals surface area contributed by atoms with Crippen molar-refractivity contribution >= 4 is 23.5 Å². The van der Waals surface area contributed by atoms with E-state index in [2.05, 4.69) is 65.6 Å². The van der Waals surface area contributed by atoms with Gasteiger partial charge in [-0.05, 0) is 69.8 Å². The van der Waals surface area contributed by atoms with Crippen LogP contribution in [-0.2, 0) is 36.2 Å². The van der Waals surface area contributed by atoms with Crippen LogP contribution in [0.4, 0.5) is 0 Å². The van der Waals surface area contributed by atoms with E-state index in [4.69, 9.17) is 9.47 Å². The fourth-order valence-corrected chi connectivity index (χ4v) is 5.73. The van der Waals surface area contributed by atoms with Gasteiger partial charge >= 0.3 is 0 Å². The van der Waals surface area contributed by atoms with Gasteiger partial charge in [-0.25, -0.2) is 0 Å². The molecule has 1 aliphatic rings. The molecule has 5 rings (SSSR count). The number of benzene rings is 3. The third-order valence-electron chi connectivity index (χ3n) is 5.53. The van der Waals surface area contributed by atoms with E-state index in [0.29, 0.717) is 13.2 Å². The highest BCUT2D eigenvalue weighted by Crippen LogP contribution is 2.30. The molecule has 0 unspecified atom stereocenters. The molecule has 0 atom stereocenters. The van der Waals surface area contributed by atoms with E-state index in [1.165, 1.54) is 27.8 Å². The standard InChI is InChI=1S/C29H27NO2S2/c1-2-4-22(5-3-1)16-31-28-12-24-10-25(13-28)19-34-21-27-11-26(20-33-18-24)14-29(15-27)32-17-23-6-8-30-9-7-23/h1-15H,16-21H2. The lowest BCUT2D eigenvalue weighted by Gasteiger charge is -2.15. The molecule has 34 heavy (non-hydrogen) atoms. The molecule has 1 aliphatic heterocycles. The van der Waals surface area contributed by atoms with Crippen LogP contribution < -0.4 is 9.47 Å². The van der Waals surface area contributed by atoms with Crippen molar-refractivity contribution in [3.63, 3.8) is 0 Å². The zero-order chi connectivity index (χ0) is 23.0. The molecule has 0 N–H and O–H groups in total. The van der Waals surface area contributed by atoms with Crippen molar-refractivity contribution in [2.24, 2.45) is 0 Å². The van der Waals surface area contributed by atoms with Crippen molar-refractivity contribution in [2.45, 2.75) is 36.2 Å². The van der Waals surface area contributed by atoms with Crippen molar-refractivity contribution in [1.29, 1.82) is 0 Å². The Kier molecular flexibility index (Phi) is 7.74. The van der Waals surface area contributed by atoms with Crippen LogP contribution >= 0.6 is 23.5 Å². The SMILES string of the molecule is c1ccc(COc2cc3cc(c2)CSCc2cc(cc(OCc4ccncc4)c2)CSC3)cc1. The lowest BCUT2D eigenvalue weighted by Crippen LogP contribution is -1.99. The van der Waals surface area contributed by atoms with Crippen molar-refractivity contribution in [2.75, 3.05) is 0 Å². The summed E-state index contributed by atoms with van der Waals surface area (Å²) in [4.78, 5) is 4.08. The third kappa shape index (κ3) is 6.58. The van der Waals surface area contributed by atoms with Gasteiger partial charge in [-0.1, -0.05) is 42.5 Å². The number of hydrogen-bond donors (Lipinski definition) is 0. The van der Waals surface area contributed by atoms with Gasteiger partial charge in [0.05, 0.1) is 0 Å². The molecular formula is C29H27NO2S2. The lowest BCUT2D eigenvalue weighted by atomic mass is 10.1. The number of pyridine rings is 1. The van der Waals surface area contributed by atoms with Crippen LogP contribution in [0.5, 0.6) is 11.5 Å². The number of ether oxygens (including phenoxy) is 2. The number of nitrogens with zero attached hydrogens (tertiary/aromatic N) is 1. The van der Waals surface area contributed by atoms with E-state index in [-0.39, 0.29) is 0 Å². The summed E-state index contributed by atoms with van der Waals surface area (Å²) < 4.78 is 12.3. The highest BCUT2D eigenvalue weighted by Gasteiger charge is 2.09. The Bertz CT molecular complexity index is 1070. The minimum atomic E-state index is 0.558. The summed E-state index contributed by atoms with van der Waals surface area (Å²) in [5.41, 5.74) is 7.57. The second-order valence-electron chi connectivity index (χ2n) is 8.37. The molecule has 0 radical (unpaired) electrons. The highest BCUT2D eigenvalue weighted by molar-refractivity contribution is 7.98. The molecule has 5 heteroatoms. The first kappa shape index (κ1) is 22.9. The summed E-state index contributed by atoms with van der Waals surface area (Å²) in [6, 6.07) is 27.7. The zero-order valence-electron chi connectivity index (χ0n) is 19.0. The second kappa shape index (κ2) is 11.5. The molecule has 2 heterocycles. The maximum absolute atomic E-state index is 6.15. The molecule has 0 aliphatic carbocycles. The first-order chi connectivity index (χ1) is 16.8. The van der Waals surface area contributed by atoms with Gasteiger partial charge < -0.3 is 9.47 Å². The van der Waals surface area contributed by atoms with Crippen molar-refractivity contribution in [3.05, 3.63) is 125 Å². The van der Waals surface area contributed by atoms with Gasteiger partial charge in [-0.15, -0.1) is 0 Å². The molecule has 0 saturated carbocycles. The zero-order valence-corrected chi connectivity index (χ0v) is 20.6. The van der Waals surface area contributed by atoms with E-state index in [1.807, 2.05) is 41.7 Å². The molecule has 0 amide bonds. The van der Waals surface area contributed by atoms with Crippen LogP contribution in [0.2, 0.25) is 0 Å². The van der Waals surface area contributed by atoms with Gasteiger partial charge in [0, 0.05) is 35.4 Å². The Balaban J connectivity index is 1.27. The summed E-state index contributed by atoms with van der Waals surface area (Å²) in [6.07, 6.45) is 3.61. The van der Waals surface area contributed by atoms with E-state index >= 15 is 0 Å². The summed E-state index contributed by atoms with van der Waals surface area (Å²) >= 11 is 3.86. The molecule has 4 bridgehead atoms. The molecule has 4 aromatic rings. The molecule has 3 nitrogen and oxygen atoms in total. The topological polar surface area (TPSA) is 31.4 Å². The predicted octanol–water partition coefficient (Wildman–Crippen LogP) is 7.42. The van der Waals surface area contributed by atoms with Gasteiger partial charge in [0.25, 0.3) is 0 Å². The smallest absolute Gasteiger partial charge is 0.120 e. The summed E-state index contributed by atoms with van der Waals surface area (Å²) in [5, 5.41) is 0. The number of thioether (sulfide) groups is 2. The molecule has 1 aromatic heterocycles. The fourth-order valence-electron chi connectivity index (χ4n) is 3.92. The normalized spacial score (nSPS) is 13.4. The third-order valence-corrected chi connectivity index (χ3v) is 7.68. The minimum absolute atomic E-state index is 0.558. The Morgan fingerprint density at radius 1 is 0.559 bits per heavy atom. The lowest BCUT2D eigenvalue weighted by molar-refractivity contribution is 0.305. The molecule has 0 spiro atoms. The monoisotopic (exact) mass is 485 g/mol. The molecule has 172 valence electrons. The first-order valence-corrected chi connectivity index (χ1v) is 13.7. The van der Waals surface area contributed by atoms with Crippen molar-refractivity contribution < 1.29 is 9.47 Å². The minimum Gasteiger partial charge on any atom is -0.489 e. The quantitative estimate of drug-likeness (QED) is 0.284. The van der Waals surface area contributed by atoms with Crippen LogP contribution in [0.15, 0.2) is 91.3 Å². The van der Waals surface area contributed by atoms with Crippen molar-refractivity contribution in [3.8, 4) is 11.5 Å². The molecule has 3 aromatic carbocycles. The predicted molar refractivity (Wildman–Crippen MR) is 142 cm³/mol. The Morgan fingerprint density at radius 2 is 1.00 bits per heavy atom. The summed E-state index contributed by atoms with van der Waals surface area (Å²) in [6.45, 7) is 1.15. The molecule has 0 saturated heterocycles. The number of hydrogen-bond acceptors (Lipinski definition) is 5. The van der Waals surface area contributed by atoms with Gasteiger partial charge in [0.2, 0.25) is 0 Å². The van der Waals surface area contributed by atoms with E-state index in [0.717, 1.165) is 40.1 Å². The van der Waals surface area contributed by atoms with E-state index in [9.17, 15) is 0 Å². The first-order valence-electron chi connectivity index (χ1n) is 11.4. The van der Waals surface area contributed by atoms with Gasteiger partial charge in [0.1, 0.15) is 24.7 Å². The van der Waals surface area contributed by atoms with Crippen molar-refractivity contribution in [1.82, 2.24) is 4.98 Å². The van der Waals surface area contributed by atoms with Crippen LogP contribution in [0.3, 0.4) is 0 Å². The maximum Gasteiger partial charge on any atom is 0.120 e. The van der Waals surface area contributed by atoms with Crippen LogP contribution in [0.25, 0.3) is 0 Å². The molecule has 0 fully saturated rings. The molecular weight excluding hydrogens is 458 g/mol. The maximum atomic E-state index is 6.15.